The number of hydrogen-bond acceptors (Lipinski definition) is 2. The Labute approximate surface area is 109 Å². The van der Waals surface area contributed by atoms with Crippen LogP contribution in [0.2, 0.25) is 0 Å². The van der Waals surface area contributed by atoms with E-state index >= 15 is 0 Å². The molecule has 1 rings (SSSR count). The first-order valence-corrected chi connectivity index (χ1v) is 6.29. The van der Waals surface area contributed by atoms with Crippen molar-refractivity contribution in [3.05, 3.63) is 35.4 Å². The van der Waals surface area contributed by atoms with E-state index in [0.717, 1.165) is 12.0 Å². The number of nitrogens with one attached hydrogen (secondary N) is 2. The number of carbonyl (C=O) groups is 1. The van der Waals surface area contributed by atoms with Gasteiger partial charge in [0.25, 0.3) is 0 Å². The third kappa shape index (κ3) is 4.75. The molecule has 0 aliphatic rings. The Bertz CT molecular complexity index is 363. The van der Waals surface area contributed by atoms with Crippen LogP contribution < -0.4 is 10.6 Å². The van der Waals surface area contributed by atoms with Crippen LogP contribution in [0.15, 0.2) is 24.3 Å². The predicted octanol–water partition coefficient (Wildman–Crippen LogP) is 2.26. The van der Waals surface area contributed by atoms with Crippen LogP contribution in [0, 0.1) is 0 Å². The van der Waals surface area contributed by atoms with Gasteiger partial charge in [-0.2, -0.15) is 0 Å². The van der Waals surface area contributed by atoms with Crippen LogP contribution in [-0.4, -0.2) is 26.3 Å². The van der Waals surface area contributed by atoms with Gasteiger partial charge in [0.2, 0.25) is 0 Å². The number of ether oxygens (including phenoxy) is 1. The lowest BCUT2D eigenvalue weighted by Crippen LogP contribution is -2.38. The SMILES string of the molecule is CCc1ccc(C(C)NC(=O)NCCOC)cc1. The van der Waals surface area contributed by atoms with E-state index in [1.807, 2.05) is 6.92 Å². The van der Waals surface area contributed by atoms with Crippen LogP contribution in [0.3, 0.4) is 0 Å². The molecule has 0 radical (unpaired) electrons. The zero-order chi connectivity index (χ0) is 13.4. The number of methoxy groups -OCH3 is 1. The summed E-state index contributed by atoms with van der Waals surface area (Å²) in [6, 6.07) is 8.13. The van der Waals surface area contributed by atoms with Crippen LogP contribution in [0.4, 0.5) is 4.79 Å². The van der Waals surface area contributed by atoms with E-state index in [0.29, 0.717) is 13.2 Å². The van der Waals surface area contributed by atoms with E-state index in [1.54, 1.807) is 7.11 Å². The summed E-state index contributed by atoms with van der Waals surface area (Å²) in [6.45, 7) is 5.13. The zero-order valence-electron chi connectivity index (χ0n) is 11.3. The molecular weight excluding hydrogens is 228 g/mol. The van der Waals surface area contributed by atoms with Crippen molar-refractivity contribution < 1.29 is 9.53 Å². The van der Waals surface area contributed by atoms with Crippen LogP contribution in [0.5, 0.6) is 0 Å². The average molecular weight is 250 g/mol. The van der Waals surface area contributed by atoms with Crippen LogP contribution in [0.1, 0.15) is 31.0 Å². The summed E-state index contributed by atoms with van der Waals surface area (Å²) >= 11 is 0. The van der Waals surface area contributed by atoms with Crippen molar-refractivity contribution in [3.63, 3.8) is 0 Å². The highest BCUT2D eigenvalue weighted by Gasteiger charge is 2.08. The van der Waals surface area contributed by atoms with E-state index in [-0.39, 0.29) is 12.1 Å². The second kappa shape index (κ2) is 7.71. The molecule has 0 aliphatic heterocycles. The first-order valence-electron chi connectivity index (χ1n) is 6.29. The van der Waals surface area contributed by atoms with Crippen molar-refractivity contribution in [1.29, 1.82) is 0 Å². The molecule has 100 valence electrons. The van der Waals surface area contributed by atoms with Gasteiger partial charge in [-0.1, -0.05) is 31.2 Å². The minimum Gasteiger partial charge on any atom is -0.383 e. The lowest BCUT2D eigenvalue weighted by molar-refractivity contribution is 0.195. The monoisotopic (exact) mass is 250 g/mol. The van der Waals surface area contributed by atoms with E-state index in [2.05, 4.69) is 41.8 Å². The van der Waals surface area contributed by atoms with Crippen LogP contribution in [-0.2, 0) is 11.2 Å². The third-order valence-corrected chi connectivity index (χ3v) is 2.83. The molecule has 4 heteroatoms. The normalized spacial score (nSPS) is 11.9. The van der Waals surface area contributed by atoms with Crippen molar-refractivity contribution >= 4 is 6.03 Å². The van der Waals surface area contributed by atoms with Gasteiger partial charge in [-0.15, -0.1) is 0 Å². The molecule has 1 unspecified atom stereocenters. The van der Waals surface area contributed by atoms with E-state index in [1.165, 1.54) is 5.56 Å². The minimum absolute atomic E-state index is 0.00143. The molecule has 0 aliphatic carbocycles. The lowest BCUT2D eigenvalue weighted by Gasteiger charge is -2.15. The Morgan fingerprint density at radius 1 is 1.33 bits per heavy atom. The van der Waals surface area contributed by atoms with Gasteiger partial charge in [0.1, 0.15) is 0 Å². The molecule has 1 atom stereocenters. The highest BCUT2D eigenvalue weighted by molar-refractivity contribution is 5.74. The number of rotatable bonds is 6. The molecule has 4 nitrogen and oxygen atoms in total. The number of carbonyl (C=O) groups excluding carboxylic acids is 1. The van der Waals surface area contributed by atoms with E-state index in [9.17, 15) is 4.79 Å². The van der Waals surface area contributed by atoms with Crippen molar-refractivity contribution in [1.82, 2.24) is 10.6 Å². The molecule has 0 bridgehead atoms. The summed E-state index contributed by atoms with van der Waals surface area (Å²) in [7, 11) is 1.61. The summed E-state index contributed by atoms with van der Waals surface area (Å²) in [5.41, 5.74) is 2.41. The minimum atomic E-state index is -0.167. The van der Waals surface area contributed by atoms with Gasteiger partial charge >= 0.3 is 6.03 Å². The molecule has 18 heavy (non-hydrogen) atoms. The van der Waals surface area contributed by atoms with Crippen molar-refractivity contribution in [2.24, 2.45) is 0 Å². The van der Waals surface area contributed by atoms with Gasteiger partial charge in [-0.25, -0.2) is 4.79 Å². The second-order valence-corrected chi connectivity index (χ2v) is 4.21. The topological polar surface area (TPSA) is 50.4 Å². The smallest absolute Gasteiger partial charge is 0.315 e. The molecule has 1 aromatic rings. The van der Waals surface area contributed by atoms with E-state index < -0.39 is 0 Å². The molecular formula is C14H22N2O2. The van der Waals surface area contributed by atoms with Gasteiger partial charge in [0.05, 0.1) is 12.6 Å². The summed E-state index contributed by atoms with van der Waals surface area (Å²) in [4.78, 5) is 11.5. The molecule has 0 spiro atoms. The summed E-state index contributed by atoms with van der Waals surface area (Å²) in [6.07, 6.45) is 1.03. The summed E-state index contributed by atoms with van der Waals surface area (Å²) < 4.78 is 4.86. The molecule has 2 amide bonds. The summed E-state index contributed by atoms with van der Waals surface area (Å²) in [5.74, 6) is 0. The molecule has 0 saturated heterocycles. The van der Waals surface area contributed by atoms with Gasteiger partial charge < -0.3 is 15.4 Å². The van der Waals surface area contributed by atoms with Crippen molar-refractivity contribution in [2.75, 3.05) is 20.3 Å². The van der Waals surface area contributed by atoms with Gasteiger partial charge in [-0.3, -0.25) is 0 Å². The summed E-state index contributed by atoms with van der Waals surface area (Å²) in [5, 5.41) is 5.62. The Morgan fingerprint density at radius 2 is 2.00 bits per heavy atom. The Hall–Kier alpha value is -1.55. The fraction of sp³-hybridized carbons (Fsp3) is 0.500. The van der Waals surface area contributed by atoms with Gasteiger partial charge in [0, 0.05) is 13.7 Å². The quantitative estimate of drug-likeness (QED) is 0.761. The molecule has 0 aromatic heterocycles. The highest BCUT2D eigenvalue weighted by atomic mass is 16.5. The van der Waals surface area contributed by atoms with Crippen molar-refractivity contribution in [3.8, 4) is 0 Å². The second-order valence-electron chi connectivity index (χ2n) is 4.21. The fourth-order valence-corrected chi connectivity index (χ4v) is 1.64. The maximum atomic E-state index is 11.5. The number of aryl methyl sites for hydroxylation is 1. The van der Waals surface area contributed by atoms with Gasteiger partial charge in [0.15, 0.2) is 0 Å². The predicted molar refractivity (Wildman–Crippen MR) is 72.6 cm³/mol. The number of amides is 2. The van der Waals surface area contributed by atoms with Crippen molar-refractivity contribution in [2.45, 2.75) is 26.3 Å². The standard InChI is InChI=1S/C14H22N2O2/c1-4-12-5-7-13(8-6-12)11(2)16-14(17)15-9-10-18-3/h5-8,11H,4,9-10H2,1-3H3,(H2,15,16,17). The average Bonchev–Trinajstić information content (AvgIpc) is 2.39. The fourth-order valence-electron chi connectivity index (χ4n) is 1.64. The lowest BCUT2D eigenvalue weighted by atomic mass is 10.1. The Kier molecular flexibility index (Phi) is 6.22. The van der Waals surface area contributed by atoms with E-state index in [4.69, 9.17) is 4.74 Å². The zero-order valence-corrected chi connectivity index (χ0v) is 11.3. The maximum absolute atomic E-state index is 11.5. The largest absolute Gasteiger partial charge is 0.383 e. The maximum Gasteiger partial charge on any atom is 0.315 e. The highest BCUT2D eigenvalue weighted by Crippen LogP contribution is 2.13. The van der Waals surface area contributed by atoms with Gasteiger partial charge in [-0.05, 0) is 24.5 Å². The number of benzene rings is 1. The number of urea groups is 1. The number of hydrogen-bond donors (Lipinski definition) is 2. The molecule has 0 saturated carbocycles. The molecule has 0 heterocycles. The molecule has 0 fully saturated rings. The van der Waals surface area contributed by atoms with Crippen LogP contribution >= 0.6 is 0 Å². The molecule has 1 aromatic carbocycles. The Balaban J connectivity index is 2.43. The first-order chi connectivity index (χ1) is 8.67. The van der Waals surface area contributed by atoms with Crippen LogP contribution in [0.25, 0.3) is 0 Å². The Morgan fingerprint density at radius 3 is 2.56 bits per heavy atom. The first kappa shape index (κ1) is 14.5. The third-order valence-electron chi connectivity index (χ3n) is 2.83. The molecule has 2 N–H and O–H groups in total.